The Labute approximate surface area is 106 Å². The second-order valence-electron chi connectivity index (χ2n) is 4.60. The highest BCUT2D eigenvalue weighted by molar-refractivity contribution is 5.75. The Morgan fingerprint density at radius 3 is 3.00 bits per heavy atom. The van der Waals surface area contributed by atoms with Crippen LogP contribution in [0.15, 0.2) is 12.4 Å². The van der Waals surface area contributed by atoms with Gasteiger partial charge in [-0.05, 0) is 12.8 Å². The number of nitrogens with zero attached hydrogens (tertiary/aromatic N) is 2. The number of ether oxygens (including phenoxy) is 1. The van der Waals surface area contributed by atoms with Crippen molar-refractivity contribution in [1.29, 1.82) is 0 Å². The topological polar surface area (TPSA) is 82.2 Å². The molecule has 2 rings (SSSR count). The summed E-state index contributed by atoms with van der Waals surface area (Å²) < 4.78 is 7.17. The molecule has 1 heterocycles. The van der Waals surface area contributed by atoms with E-state index in [0.29, 0.717) is 24.9 Å². The van der Waals surface area contributed by atoms with Crippen molar-refractivity contribution in [2.45, 2.75) is 38.3 Å². The van der Waals surface area contributed by atoms with Crippen molar-refractivity contribution >= 4 is 11.6 Å². The number of nitrogens with one attached hydrogen (secondary N) is 1. The van der Waals surface area contributed by atoms with E-state index in [2.05, 4.69) is 10.4 Å². The molecule has 1 aliphatic rings. The van der Waals surface area contributed by atoms with Gasteiger partial charge in [-0.3, -0.25) is 9.48 Å². The number of hydrogen-bond donors (Lipinski definition) is 2. The van der Waals surface area contributed by atoms with Crippen LogP contribution in [0.4, 0.5) is 5.69 Å². The van der Waals surface area contributed by atoms with E-state index in [0.717, 1.165) is 12.8 Å². The fourth-order valence-electron chi connectivity index (χ4n) is 2.14. The van der Waals surface area contributed by atoms with Crippen molar-refractivity contribution in [2.75, 3.05) is 18.9 Å². The van der Waals surface area contributed by atoms with Gasteiger partial charge in [0.1, 0.15) is 6.54 Å². The van der Waals surface area contributed by atoms with Crippen molar-refractivity contribution in [3.8, 4) is 0 Å². The summed E-state index contributed by atoms with van der Waals surface area (Å²) in [4.78, 5) is 11.5. The smallest absolute Gasteiger partial charge is 0.241 e. The molecule has 0 radical (unpaired) electrons. The average molecular weight is 252 g/mol. The Hall–Kier alpha value is -1.56. The second-order valence-corrected chi connectivity index (χ2v) is 4.60. The van der Waals surface area contributed by atoms with Gasteiger partial charge in [0.25, 0.3) is 0 Å². The van der Waals surface area contributed by atoms with E-state index < -0.39 is 0 Å². The number of anilines is 1. The van der Waals surface area contributed by atoms with Gasteiger partial charge >= 0.3 is 0 Å². The predicted molar refractivity (Wildman–Crippen MR) is 67.9 cm³/mol. The molecule has 0 aromatic carbocycles. The first-order valence-corrected chi connectivity index (χ1v) is 6.40. The Kier molecular flexibility index (Phi) is 4.58. The van der Waals surface area contributed by atoms with Crippen LogP contribution in [0.5, 0.6) is 0 Å². The Morgan fingerprint density at radius 1 is 1.56 bits per heavy atom. The molecule has 3 N–H and O–H groups in total. The number of amides is 1. The van der Waals surface area contributed by atoms with E-state index in [1.807, 2.05) is 0 Å². The average Bonchev–Trinajstić information content (AvgIpc) is 2.96. The highest BCUT2D eigenvalue weighted by Gasteiger charge is 2.14. The van der Waals surface area contributed by atoms with Crippen LogP contribution in [0.1, 0.15) is 25.7 Å². The van der Waals surface area contributed by atoms with Crippen molar-refractivity contribution in [1.82, 2.24) is 15.1 Å². The maximum atomic E-state index is 11.5. The second kappa shape index (κ2) is 6.39. The SMILES string of the molecule is Nc1cnn(CC(=O)NCCOC2CCCC2)c1. The summed E-state index contributed by atoms with van der Waals surface area (Å²) in [6, 6.07) is 0. The van der Waals surface area contributed by atoms with Gasteiger partial charge in [0.15, 0.2) is 0 Å². The zero-order valence-corrected chi connectivity index (χ0v) is 10.5. The van der Waals surface area contributed by atoms with E-state index in [-0.39, 0.29) is 12.5 Å². The molecule has 6 heteroatoms. The monoisotopic (exact) mass is 252 g/mol. The minimum Gasteiger partial charge on any atom is -0.396 e. The molecule has 1 saturated carbocycles. The lowest BCUT2D eigenvalue weighted by Crippen LogP contribution is -2.31. The summed E-state index contributed by atoms with van der Waals surface area (Å²) in [5.74, 6) is -0.0758. The zero-order valence-electron chi connectivity index (χ0n) is 10.5. The molecule has 0 unspecified atom stereocenters. The highest BCUT2D eigenvalue weighted by atomic mass is 16.5. The van der Waals surface area contributed by atoms with Crippen LogP contribution in [0.25, 0.3) is 0 Å². The van der Waals surface area contributed by atoms with E-state index in [9.17, 15) is 4.79 Å². The largest absolute Gasteiger partial charge is 0.396 e. The summed E-state index contributed by atoms with van der Waals surface area (Å²) >= 11 is 0. The van der Waals surface area contributed by atoms with Crippen molar-refractivity contribution < 1.29 is 9.53 Å². The van der Waals surface area contributed by atoms with Gasteiger partial charge in [0.2, 0.25) is 5.91 Å². The minimum atomic E-state index is -0.0758. The van der Waals surface area contributed by atoms with Gasteiger partial charge in [-0.25, -0.2) is 0 Å². The lowest BCUT2D eigenvalue weighted by Gasteiger charge is -2.11. The lowest BCUT2D eigenvalue weighted by molar-refractivity contribution is -0.122. The molecule has 0 bridgehead atoms. The number of nitrogen functional groups attached to an aromatic ring is 1. The molecule has 0 aliphatic heterocycles. The normalized spacial score (nSPS) is 16.0. The summed E-state index contributed by atoms with van der Waals surface area (Å²) in [7, 11) is 0. The van der Waals surface area contributed by atoms with E-state index in [4.69, 9.17) is 10.5 Å². The van der Waals surface area contributed by atoms with Crippen LogP contribution in [0.3, 0.4) is 0 Å². The zero-order chi connectivity index (χ0) is 12.8. The molecular formula is C12H20N4O2. The first-order valence-electron chi connectivity index (χ1n) is 6.40. The number of rotatable bonds is 6. The molecule has 0 atom stereocenters. The molecular weight excluding hydrogens is 232 g/mol. The molecule has 1 aromatic heterocycles. The number of nitrogens with two attached hydrogens (primary N) is 1. The van der Waals surface area contributed by atoms with Gasteiger partial charge in [-0.2, -0.15) is 5.10 Å². The third kappa shape index (κ3) is 4.03. The van der Waals surface area contributed by atoms with Crippen LogP contribution < -0.4 is 11.1 Å². The van der Waals surface area contributed by atoms with Gasteiger partial charge in [0.05, 0.1) is 24.6 Å². The third-order valence-corrected chi connectivity index (χ3v) is 3.04. The molecule has 1 aliphatic carbocycles. The molecule has 1 aromatic rings. The van der Waals surface area contributed by atoms with Crippen molar-refractivity contribution in [2.24, 2.45) is 0 Å². The predicted octanol–water partition coefficient (Wildman–Crippen LogP) is 0.541. The number of hydrogen-bond acceptors (Lipinski definition) is 4. The molecule has 100 valence electrons. The third-order valence-electron chi connectivity index (χ3n) is 3.04. The van der Waals surface area contributed by atoms with Gasteiger partial charge in [0, 0.05) is 12.7 Å². The van der Waals surface area contributed by atoms with Crippen LogP contribution in [-0.4, -0.2) is 34.9 Å². The molecule has 0 spiro atoms. The summed E-state index contributed by atoms with van der Waals surface area (Å²) in [5.41, 5.74) is 6.07. The Bertz CT molecular complexity index is 385. The maximum Gasteiger partial charge on any atom is 0.241 e. The van der Waals surface area contributed by atoms with Crippen LogP contribution in [0, 0.1) is 0 Å². The lowest BCUT2D eigenvalue weighted by atomic mass is 10.3. The summed E-state index contributed by atoms with van der Waals surface area (Å²) in [6.07, 6.45) is 8.38. The molecule has 18 heavy (non-hydrogen) atoms. The Morgan fingerprint density at radius 2 is 2.33 bits per heavy atom. The highest BCUT2D eigenvalue weighted by Crippen LogP contribution is 2.20. The van der Waals surface area contributed by atoms with Crippen LogP contribution in [0.2, 0.25) is 0 Å². The van der Waals surface area contributed by atoms with Crippen molar-refractivity contribution in [3.05, 3.63) is 12.4 Å². The van der Waals surface area contributed by atoms with E-state index in [1.54, 1.807) is 6.20 Å². The maximum absolute atomic E-state index is 11.5. The van der Waals surface area contributed by atoms with Crippen LogP contribution in [-0.2, 0) is 16.1 Å². The van der Waals surface area contributed by atoms with Gasteiger partial charge in [-0.15, -0.1) is 0 Å². The first-order chi connectivity index (χ1) is 8.74. The molecule has 0 saturated heterocycles. The number of carbonyl (C=O) groups is 1. The number of aromatic nitrogens is 2. The summed E-state index contributed by atoms with van der Waals surface area (Å²) in [5, 5.41) is 6.75. The first kappa shape index (κ1) is 12.9. The van der Waals surface area contributed by atoms with E-state index >= 15 is 0 Å². The number of carbonyl (C=O) groups excluding carboxylic acids is 1. The van der Waals surface area contributed by atoms with Crippen LogP contribution >= 0.6 is 0 Å². The van der Waals surface area contributed by atoms with Gasteiger partial charge in [-0.1, -0.05) is 12.8 Å². The van der Waals surface area contributed by atoms with Crippen molar-refractivity contribution in [3.63, 3.8) is 0 Å². The van der Waals surface area contributed by atoms with Gasteiger partial charge < -0.3 is 15.8 Å². The molecule has 6 nitrogen and oxygen atoms in total. The standard InChI is InChI=1S/C12H20N4O2/c13-10-7-15-16(8-10)9-12(17)14-5-6-18-11-3-1-2-4-11/h7-8,11H,1-6,9,13H2,(H,14,17). The quantitative estimate of drug-likeness (QED) is 0.724. The van der Waals surface area contributed by atoms with E-state index in [1.165, 1.54) is 23.7 Å². The molecule has 1 amide bonds. The minimum absolute atomic E-state index is 0.0758. The fraction of sp³-hybridized carbons (Fsp3) is 0.667. The summed E-state index contributed by atoms with van der Waals surface area (Å²) in [6.45, 7) is 1.32. The molecule has 1 fully saturated rings. The Balaban J connectivity index is 1.57. The fourth-order valence-corrected chi connectivity index (χ4v) is 2.14.